The molecule has 0 aliphatic carbocycles. The number of nitrogens with zero attached hydrogens (tertiary/aromatic N) is 2. The average molecular weight is 289 g/mol. The van der Waals surface area contributed by atoms with Gasteiger partial charge in [-0.25, -0.2) is 0 Å². The van der Waals surface area contributed by atoms with Crippen molar-refractivity contribution in [3.63, 3.8) is 0 Å². The van der Waals surface area contributed by atoms with E-state index in [9.17, 15) is 0 Å². The summed E-state index contributed by atoms with van der Waals surface area (Å²) < 4.78 is 10.9. The molecular formula is C16H23N3O2. The Morgan fingerprint density at radius 3 is 2.62 bits per heavy atom. The van der Waals surface area contributed by atoms with Crippen LogP contribution in [-0.4, -0.2) is 15.7 Å². The molecule has 1 heterocycles. The third kappa shape index (κ3) is 4.56. The molecule has 0 aliphatic rings. The Labute approximate surface area is 125 Å². The van der Waals surface area contributed by atoms with E-state index in [1.54, 1.807) is 6.92 Å². The number of rotatable bonds is 5. The summed E-state index contributed by atoms with van der Waals surface area (Å²) in [5.74, 6) is 2.00. The second-order valence-corrected chi connectivity index (χ2v) is 6.19. The number of nitrogens with one attached hydrogen (secondary N) is 1. The van der Waals surface area contributed by atoms with Crippen LogP contribution in [0.1, 0.15) is 43.6 Å². The highest BCUT2D eigenvalue weighted by molar-refractivity contribution is 5.40. The maximum Gasteiger partial charge on any atom is 0.223 e. The van der Waals surface area contributed by atoms with Crippen LogP contribution in [0.5, 0.6) is 5.75 Å². The van der Waals surface area contributed by atoms with Crippen molar-refractivity contribution in [2.45, 2.75) is 53.3 Å². The molecular weight excluding hydrogens is 266 g/mol. The zero-order valence-electron chi connectivity index (χ0n) is 13.4. The summed E-state index contributed by atoms with van der Waals surface area (Å²) in [6.07, 6.45) is 0. The van der Waals surface area contributed by atoms with Crippen LogP contribution >= 0.6 is 0 Å². The highest BCUT2D eigenvalue weighted by Gasteiger charge is 2.13. The minimum Gasteiger partial charge on any atom is -0.485 e. The van der Waals surface area contributed by atoms with Crippen molar-refractivity contribution in [3.8, 4) is 5.75 Å². The molecule has 2 aromatic rings. The predicted molar refractivity (Wildman–Crippen MR) is 81.1 cm³/mol. The van der Waals surface area contributed by atoms with Gasteiger partial charge >= 0.3 is 0 Å². The van der Waals surface area contributed by atoms with Gasteiger partial charge in [-0.05, 0) is 33.3 Å². The summed E-state index contributed by atoms with van der Waals surface area (Å²) >= 11 is 0. The van der Waals surface area contributed by atoms with Gasteiger partial charge in [0.2, 0.25) is 11.7 Å². The van der Waals surface area contributed by atoms with Gasteiger partial charge in [0.05, 0.1) is 0 Å². The number of aromatic nitrogens is 2. The van der Waals surface area contributed by atoms with Crippen LogP contribution in [0, 0.1) is 13.8 Å². The minimum absolute atomic E-state index is 0.0613. The molecule has 2 rings (SSSR count). The van der Waals surface area contributed by atoms with Crippen molar-refractivity contribution in [2.75, 3.05) is 0 Å². The summed E-state index contributed by atoms with van der Waals surface area (Å²) in [6, 6.07) is 6.15. The fraction of sp³-hybridized carbons (Fsp3) is 0.500. The minimum atomic E-state index is 0.0613. The normalized spacial score (nSPS) is 11.7. The van der Waals surface area contributed by atoms with E-state index in [-0.39, 0.29) is 5.54 Å². The molecule has 0 atom stereocenters. The lowest BCUT2D eigenvalue weighted by molar-refractivity contribution is 0.279. The molecule has 21 heavy (non-hydrogen) atoms. The molecule has 5 heteroatoms. The van der Waals surface area contributed by atoms with Crippen LogP contribution in [0.2, 0.25) is 0 Å². The van der Waals surface area contributed by atoms with E-state index >= 15 is 0 Å². The van der Waals surface area contributed by atoms with E-state index in [2.05, 4.69) is 42.3 Å². The molecule has 0 saturated heterocycles. The third-order valence-electron chi connectivity index (χ3n) is 3.02. The first-order chi connectivity index (χ1) is 9.85. The van der Waals surface area contributed by atoms with Crippen molar-refractivity contribution >= 4 is 0 Å². The van der Waals surface area contributed by atoms with Gasteiger partial charge in [-0.2, -0.15) is 4.98 Å². The molecule has 0 spiro atoms. The molecule has 0 amide bonds. The molecule has 0 radical (unpaired) electrons. The molecule has 0 unspecified atom stereocenters. The topological polar surface area (TPSA) is 60.2 Å². The number of benzene rings is 1. The predicted octanol–water partition coefficient (Wildman–Crippen LogP) is 3.15. The number of hydrogen-bond donors (Lipinski definition) is 1. The van der Waals surface area contributed by atoms with Crippen LogP contribution in [-0.2, 0) is 13.2 Å². The lowest BCUT2D eigenvalue weighted by Gasteiger charge is -2.22. The Kier molecular flexibility index (Phi) is 4.63. The Hall–Kier alpha value is -1.88. The molecule has 0 aliphatic heterocycles. The van der Waals surface area contributed by atoms with Gasteiger partial charge in [0, 0.05) is 24.6 Å². The quantitative estimate of drug-likeness (QED) is 0.916. The Balaban J connectivity index is 2.10. The highest BCUT2D eigenvalue weighted by Crippen LogP contribution is 2.24. The summed E-state index contributed by atoms with van der Waals surface area (Å²) in [5.41, 5.74) is 2.29. The molecule has 1 aromatic heterocycles. The first-order valence-electron chi connectivity index (χ1n) is 7.10. The fourth-order valence-corrected chi connectivity index (χ4v) is 1.96. The van der Waals surface area contributed by atoms with Gasteiger partial charge in [-0.15, -0.1) is 0 Å². The van der Waals surface area contributed by atoms with E-state index in [0.29, 0.717) is 18.3 Å². The van der Waals surface area contributed by atoms with Crippen molar-refractivity contribution in [1.29, 1.82) is 0 Å². The van der Waals surface area contributed by atoms with Crippen LogP contribution in [0.25, 0.3) is 0 Å². The van der Waals surface area contributed by atoms with Gasteiger partial charge in [0.25, 0.3) is 0 Å². The zero-order valence-corrected chi connectivity index (χ0v) is 13.4. The standard InChI is InChI=1S/C16H23N3O2/c1-11-7-6-8-13(9-17-16(3,4)5)15(11)20-10-14-18-12(2)21-19-14/h6-8,17H,9-10H2,1-5H3. The Bertz CT molecular complexity index is 600. The van der Waals surface area contributed by atoms with Gasteiger partial charge in [0.1, 0.15) is 5.75 Å². The molecule has 1 N–H and O–H groups in total. The van der Waals surface area contributed by atoms with Crippen LogP contribution < -0.4 is 10.1 Å². The van der Waals surface area contributed by atoms with Gasteiger partial charge in [-0.3, -0.25) is 0 Å². The molecule has 0 bridgehead atoms. The summed E-state index contributed by atoms with van der Waals surface area (Å²) in [7, 11) is 0. The van der Waals surface area contributed by atoms with E-state index < -0.39 is 0 Å². The van der Waals surface area contributed by atoms with Crippen molar-refractivity contribution in [3.05, 3.63) is 41.0 Å². The van der Waals surface area contributed by atoms with E-state index in [1.807, 2.05) is 19.1 Å². The van der Waals surface area contributed by atoms with E-state index in [4.69, 9.17) is 9.26 Å². The summed E-state index contributed by atoms with van der Waals surface area (Å²) in [6.45, 7) is 11.3. The largest absolute Gasteiger partial charge is 0.485 e. The first-order valence-corrected chi connectivity index (χ1v) is 7.10. The lowest BCUT2D eigenvalue weighted by Crippen LogP contribution is -2.35. The Morgan fingerprint density at radius 2 is 2.00 bits per heavy atom. The Morgan fingerprint density at radius 1 is 1.24 bits per heavy atom. The highest BCUT2D eigenvalue weighted by atomic mass is 16.5. The van der Waals surface area contributed by atoms with Crippen molar-refractivity contribution in [1.82, 2.24) is 15.5 Å². The monoisotopic (exact) mass is 289 g/mol. The van der Waals surface area contributed by atoms with Gasteiger partial charge < -0.3 is 14.6 Å². The number of para-hydroxylation sites is 1. The molecule has 0 saturated carbocycles. The SMILES string of the molecule is Cc1nc(COc2c(C)cccc2CNC(C)(C)C)no1. The smallest absolute Gasteiger partial charge is 0.223 e. The third-order valence-corrected chi connectivity index (χ3v) is 3.02. The first kappa shape index (κ1) is 15.5. The average Bonchev–Trinajstić information content (AvgIpc) is 2.80. The summed E-state index contributed by atoms with van der Waals surface area (Å²) in [5, 5.41) is 7.33. The van der Waals surface area contributed by atoms with E-state index in [0.717, 1.165) is 23.4 Å². The van der Waals surface area contributed by atoms with Crippen LogP contribution in [0.3, 0.4) is 0 Å². The van der Waals surface area contributed by atoms with Gasteiger partial charge in [-0.1, -0.05) is 23.4 Å². The van der Waals surface area contributed by atoms with Crippen molar-refractivity contribution in [2.24, 2.45) is 0 Å². The lowest BCUT2D eigenvalue weighted by atomic mass is 10.1. The molecule has 0 fully saturated rings. The second-order valence-electron chi connectivity index (χ2n) is 6.19. The maximum atomic E-state index is 5.91. The molecule has 114 valence electrons. The molecule has 1 aromatic carbocycles. The van der Waals surface area contributed by atoms with Gasteiger partial charge in [0.15, 0.2) is 6.61 Å². The fourth-order valence-electron chi connectivity index (χ4n) is 1.96. The maximum absolute atomic E-state index is 5.91. The van der Waals surface area contributed by atoms with Crippen LogP contribution in [0.15, 0.2) is 22.7 Å². The van der Waals surface area contributed by atoms with Crippen LogP contribution in [0.4, 0.5) is 0 Å². The van der Waals surface area contributed by atoms with E-state index in [1.165, 1.54) is 0 Å². The molecule has 5 nitrogen and oxygen atoms in total. The second kappa shape index (κ2) is 6.26. The summed E-state index contributed by atoms with van der Waals surface area (Å²) in [4.78, 5) is 4.15. The number of hydrogen-bond acceptors (Lipinski definition) is 5. The zero-order chi connectivity index (χ0) is 15.5. The number of ether oxygens (including phenoxy) is 1. The number of aryl methyl sites for hydroxylation is 2. The van der Waals surface area contributed by atoms with Crippen molar-refractivity contribution < 1.29 is 9.26 Å².